The highest BCUT2D eigenvalue weighted by Crippen LogP contribution is 2.29. The third kappa shape index (κ3) is 3.62. The Balaban J connectivity index is 2.20. The molecule has 0 aliphatic carbocycles. The van der Waals surface area contributed by atoms with Crippen molar-refractivity contribution in [3.63, 3.8) is 0 Å². The molecule has 3 rings (SSSR count). The number of imidazole rings is 2. The molecule has 0 radical (unpaired) electrons. The normalized spacial score (nSPS) is 12.9. The van der Waals surface area contributed by atoms with E-state index in [0.29, 0.717) is 5.95 Å². The minimum absolute atomic E-state index is 0.456. The third-order valence-electron chi connectivity index (χ3n) is 5.69. The van der Waals surface area contributed by atoms with Gasteiger partial charge < -0.3 is 10.3 Å². The van der Waals surface area contributed by atoms with Gasteiger partial charge in [0, 0.05) is 12.7 Å². The van der Waals surface area contributed by atoms with Crippen LogP contribution in [-0.2, 0) is 19.6 Å². The van der Waals surface area contributed by atoms with Crippen LogP contribution in [-0.4, -0.2) is 19.8 Å². The molecule has 29 heavy (non-hydrogen) atoms. The number of nitrogens with zero attached hydrogens (tertiary/aromatic N) is 5. The number of rotatable bonds is 5. The molecular weight excluding hydrogens is 360 g/mol. The molecule has 0 bridgehead atoms. The summed E-state index contributed by atoms with van der Waals surface area (Å²) in [6.45, 7) is 10.5. The maximum absolute atomic E-state index is 5.81. The highest BCUT2D eigenvalue weighted by atomic mass is 15.2. The topological polar surface area (TPSA) is 65.0 Å². The zero-order valence-corrected chi connectivity index (χ0v) is 18.4. The van der Waals surface area contributed by atoms with Crippen LogP contribution in [0.4, 0.5) is 5.95 Å². The fraction of sp³-hybridized carbons (Fsp3) is 0.348. The fourth-order valence-electron chi connectivity index (χ4n) is 3.57. The Morgan fingerprint density at radius 2 is 1.90 bits per heavy atom. The molecule has 0 spiro atoms. The molecule has 6 heteroatoms. The number of hydrogen-bond acceptors (Lipinski definition) is 3. The first-order valence-electron chi connectivity index (χ1n) is 9.79. The lowest BCUT2D eigenvalue weighted by molar-refractivity contribution is -0.659. The van der Waals surface area contributed by atoms with Crippen LogP contribution in [0.5, 0.6) is 0 Å². The molecule has 0 saturated carbocycles. The van der Waals surface area contributed by atoms with Gasteiger partial charge in [0.25, 0.3) is 5.82 Å². The van der Waals surface area contributed by atoms with Crippen molar-refractivity contribution >= 4 is 11.7 Å². The molecule has 0 amide bonds. The number of hydrogen-bond donors (Lipinski definition) is 1. The first-order chi connectivity index (χ1) is 13.7. The largest absolute Gasteiger partial charge is 0.405 e. The Morgan fingerprint density at radius 1 is 1.21 bits per heavy atom. The van der Waals surface area contributed by atoms with Crippen LogP contribution in [0.1, 0.15) is 30.8 Å². The Bertz CT molecular complexity index is 1090. The van der Waals surface area contributed by atoms with Crippen LogP contribution < -0.4 is 10.3 Å². The van der Waals surface area contributed by atoms with Crippen molar-refractivity contribution in [1.82, 2.24) is 14.1 Å². The number of aliphatic imine (C=N–C) groups is 1. The lowest BCUT2D eigenvalue weighted by Gasteiger charge is -2.24. The second-order valence-electron chi connectivity index (χ2n) is 7.97. The molecule has 0 fully saturated rings. The highest BCUT2D eigenvalue weighted by Gasteiger charge is 2.36. The maximum atomic E-state index is 5.81. The molecule has 0 atom stereocenters. The maximum Gasteiger partial charge on any atom is 0.289 e. The predicted octanol–water partition coefficient (Wildman–Crippen LogP) is 3.62. The number of aromatic nitrogens is 4. The van der Waals surface area contributed by atoms with Gasteiger partial charge >= 0.3 is 0 Å². The Morgan fingerprint density at radius 3 is 2.48 bits per heavy atom. The Labute approximate surface area is 173 Å². The van der Waals surface area contributed by atoms with Gasteiger partial charge in [0.2, 0.25) is 5.95 Å². The molecule has 1 aromatic carbocycles. The molecule has 152 valence electrons. The van der Waals surface area contributed by atoms with E-state index in [1.807, 2.05) is 31.5 Å². The van der Waals surface area contributed by atoms with E-state index >= 15 is 0 Å². The SMILES string of the molecule is Cc1ccccc1-c1n(C(C)(C)C(/C=C\N)=N/c2nc(C)c(C)n2C)cc[n+]1C. The zero-order chi connectivity index (χ0) is 21.3. The molecule has 6 nitrogen and oxygen atoms in total. The minimum Gasteiger partial charge on any atom is -0.405 e. The van der Waals surface area contributed by atoms with Gasteiger partial charge in [0.1, 0.15) is 17.9 Å². The van der Waals surface area contributed by atoms with Crippen molar-refractivity contribution < 1.29 is 4.57 Å². The first kappa shape index (κ1) is 20.6. The first-order valence-corrected chi connectivity index (χ1v) is 9.79. The average molecular weight is 392 g/mol. The lowest BCUT2D eigenvalue weighted by Crippen LogP contribution is -2.39. The van der Waals surface area contributed by atoms with Gasteiger partial charge in [-0.05, 0) is 58.5 Å². The molecule has 0 aliphatic rings. The van der Waals surface area contributed by atoms with Gasteiger partial charge in [0.15, 0.2) is 0 Å². The third-order valence-corrected chi connectivity index (χ3v) is 5.69. The van der Waals surface area contributed by atoms with Crippen LogP contribution in [0.15, 0.2) is 53.9 Å². The van der Waals surface area contributed by atoms with Crippen LogP contribution >= 0.6 is 0 Å². The van der Waals surface area contributed by atoms with Crippen LogP contribution in [0.25, 0.3) is 11.4 Å². The summed E-state index contributed by atoms with van der Waals surface area (Å²) in [6.07, 6.45) is 7.57. The summed E-state index contributed by atoms with van der Waals surface area (Å²) in [5.41, 5.74) is 10.7. The molecule has 0 aliphatic heterocycles. The lowest BCUT2D eigenvalue weighted by atomic mass is 9.96. The summed E-state index contributed by atoms with van der Waals surface area (Å²) in [5, 5.41) is 0. The van der Waals surface area contributed by atoms with Crippen LogP contribution in [0.3, 0.4) is 0 Å². The molecule has 0 unspecified atom stereocenters. The van der Waals surface area contributed by atoms with Gasteiger partial charge in [0.05, 0.1) is 24.0 Å². The van der Waals surface area contributed by atoms with Crippen molar-refractivity contribution in [2.75, 3.05) is 0 Å². The summed E-state index contributed by atoms with van der Waals surface area (Å²) in [5.74, 6) is 1.79. The molecule has 2 heterocycles. The molecule has 2 aromatic heterocycles. The van der Waals surface area contributed by atoms with E-state index in [-0.39, 0.29) is 0 Å². The molecule has 2 N–H and O–H groups in total. The van der Waals surface area contributed by atoms with Gasteiger partial charge in [-0.3, -0.25) is 0 Å². The fourth-order valence-corrected chi connectivity index (χ4v) is 3.57. The molecular formula is C23H31N6+. The van der Waals surface area contributed by atoms with E-state index in [4.69, 9.17) is 10.7 Å². The second-order valence-corrected chi connectivity index (χ2v) is 7.97. The average Bonchev–Trinajstić information content (AvgIpc) is 3.17. The van der Waals surface area contributed by atoms with Crippen molar-refractivity contribution in [2.24, 2.45) is 24.8 Å². The molecule has 0 saturated heterocycles. The minimum atomic E-state index is -0.456. The van der Waals surface area contributed by atoms with E-state index in [1.165, 1.54) is 11.1 Å². The van der Waals surface area contributed by atoms with Crippen molar-refractivity contribution in [2.45, 2.75) is 40.2 Å². The summed E-state index contributed by atoms with van der Waals surface area (Å²) in [6, 6.07) is 8.42. The Hall–Kier alpha value is -3.15. The van der Waals surface area contributed by atoms with Crippen molar-refractivity contribution in [3.05, 3.63) is 65.9 Å². The summed E-state index contributed by atoms with van der Waals surface area (Å²) in [7, 11) is 4.05. The van der Waals surface area contributed by atoms with Crippen molar-refractivity contribution in [1.29, 1.82) is 0 Å². The summed E-state index contributed by atoms with van der Waals surface area (Å²) >= 11 is 0. The van der Waals surface area contributed by atoms with Gasteiger partial charge in [-0.15, -0.1) is 0 Å². The van der Waals surface area contributed by atoms with Gasteiger partial charge in [-0.1, -0.05) is 18.2 Å². The number of aryl methyl sites for hydroxylation is 3. The van der Waals surface area contributed by atoms with Crippen molar-refractivity contribution in [3.8, 4) is 11.4 Å². The molecule has 3 aromatic rings. The number of allylic oxidation sites excluding steroid dienone is 1. The van der Waals surface area contributed by atoms with E-state index in [0.717, 1.165) is 22.9 Å². The standard InChI is InChI=1S/C23H31N6/c1-16-10-8-9-11-19(16)21-27(6)14-15-29(21)23(4,5)20(12-13-24)26-22-25-17(2)18(3)28(22)7/h8-15H,24H2,1-7H3/q+1/b13-12-,26-20+. The quantitative estimate of drug-likeness (QED) is 0.533. The number of benzene rings is 1. The monoisotopic (exact) mass is 391 g/mol. The zero-order valence-electron chi connectivity index (χ0n) is 18.4. The number of nitrogens with two attached hydrogens (primary N) is 1. The van der Waals surface area contributed by atoms with E-state index in [9.17, 15) is 0 Å². The second kappa shape index (κ2) is 7.70. The predicted molar refractivity (Wildman–Crippen MR) is 118 cm³/mol. The van der Waals surface area contributed by atoms with Crippen LogP contribution in [0.2, 0.25) is 0 Å². The van der Waals surface area contributed by atoms with Crippen LogP contribution in [0, 0.1) is 20.8 Å². The van der Waals surface area contributed by atoms with Gasteiger partial charge in [-0.2, -0.15) is 0 Å². The smallest absolute Gasteiger partial charge is 0.289 e. The van der Waals surface area contributed by atoms with Gasteiger partial charge in [-0.25, -0.2) is 19.1 Å². The Kier molecular flexibility index (Phi) is 5.46. The van der Waals surface area contributed by atoms with E-state index in [2.05, 4.69) is 78.6 Å². The summed E-state index contributed by atoms with van der Waals surface area (Å²) < 4.78 is 6.40. The van der Waals surface area contributed by atoms with E-state index < -0.39 is 5.54 Å². The summed E-state index contributed by atoms with van der Waals surface area (Å²) in [4.78, 5) is 9.54. The van der Waals surface area contributed by atoms with E-state index in [1.54, 1.807) is 6.20 Å². The highest BCUT2D eigenvalue weighted by molar-refractivity contribution is 6.02.